The number of thiophene rings is 1. The Bertz CT molecular complexity index is 597. The van der Waals surface area contributed by atoms with Crippen LogP contribution in [-0.4, -0.2) is 13.2 Å². The quantitative estimate of drug-likeness (QED) is 0.881. The highest BCUT2D eigenvalue weighted by molar-refractivity contribution is 9.10. The average molecular weight is 361 g/mol. The van der Waals surface area contributed by atoms with E-state index >= 15 is 0 Å². The molecule has 0 amide bonds. The maximum absolute atomic E-state index is 6.27. The van der Waals surface area contributed by atoms with Gasteiger partial charge in [0, 0.05) is 9.35 Å². The zero-order valence-electron chi connectivity index (χ0n) is 9.86. The maximum atomic E-state index is 6.27. The van der Waals surface area contributed by atoms with Crippen LogP contribution in [0.2, 0.25) is 4.34 Å². The Morgan fingerprint density at radius 1 is 1.21 bits per heavy atom. The molecule has 0 saturated heterocycles. The predicted molar refractivity (Wildman–Crippen MR) is 80.5 cm³/mol. The molecule has 2 aromatic rings. The number of fused-ring (bicyclic) bond motifs is 1. The normalized spacial score (nSPS) is 15.3. The van der Waals surface area contributed by atoms with Crippen LogP contribution in [0.1, 0.15) is 16.5 Å². The van der Waals surface area contributed by atoms with Crippen LogP contribution in [0, 0.1) is 0 Å². The van der Waals surface area contributed by atoms with Gasteiger partial charge >= 0.3 is 0 Å². The fourth-order valence-corrected chi connectivity index (χ4v) is 3.70. The Morgan fingerprint density at radius 3 is 2.63 bits per heavy atom. The number of rotatable bonds is 2. The second-order valence-electron chi connectivity index (χ2n) is 4.15. The van der Waals surface area contributed by atoms with Crippen molar-refractivity contribution in [2.45, 2.75) is 6.04 Å². The third-order valence-corrected chi connectivity index (χ3v) is 5.45. The highest BCUT2D eigenvalue weighted by atomic mass is 79.9. The molecule has 0 aliphatic carbocycles. The van der Waals surface area contributed by atoms with E-state index in [0.29, 0.717) is 17.6 Å². The molecule has 0 radical (unpaired) electrons. The van der Waals surface area contributed by atoms with Gasteiger partial charge in [-0.15, -0.1) is 11.3 Å². The van der Waals surface area contributed by atoms with Gasteiger partial charge in [0.2, 0.25) is 0 Å². The molecule has 19 heavy (non-hydrogen) atoms. The van der Waals surface area contributed by atoms with E-state index in [9.17, 15) is 0 Å². The minimum Gasteiger partial charge on any atom is -0.486 e. The molecule has 6 heteroatoms. The number of hydrogen-bond acceptors (Lipinski definition) is 4. The Kier molecular flexibility index (Phi) is 3.71. The van der Waals surface area contributed by atoms with Gasteiger partial charge in [-0.25, -0.2) is 0 Å². The molecule has 1 atom stereocenters. The molecule has 1 aliphatic heterocycles. The molecule has 1 aromatic heterocycles. The van der Waals surface area contributed by atoms with Crippen molar-refractivity contribution in [3.05, 3.63) is 43.5 Å². The summed E-state index contributed by atoms with van der Waals surface area (Å²) < 4.78 is 12.6. The maximum Gasteiger partial charge on any atom is 0.161 e. The third kappa shape index (κ3) is 2.60. The fraction of sp³-hybridized carbons (Fsp3) is 0.231. The van der Waals surface area contributed by atoms with Crippen molar-refractivity contribution >= 4 is 38.9 Å². The molecule has 2 heterocycles. The minimum atomic E-state index is -0.218. The van der Waals surface area contributed by atoms with Gasteiger partial charge in [-0.05, 0) is 39.7 Å². The van der Waals surface area contributed by atoms with Gasteiger partial charge in [-0.3, -0.25) is 0 Å². The molecule has 1 aromatic carbocycles. The second-order valence-corrected chi connectivity index (χ2v) is 6.69. The summed E-state index contributed by atoms with van der Waals surface area (Å²) >= 11 is 10.9. The lowest BCUT2D eigenvalue weighted by molar-refractivity contribution is 0.171. The van der Waals surface area contributed by atoms with Crippen molar-refractivity contribution in [2.75, 3.05) is 13.2 Å². The van der Waals surface area contributed by atoms with Crippen molar-refractivity contribution < 1.29 is 9.47 Å². The van der Waals surface area contributed by atoms with Gasteiger partial charge in [0.15, 0.2) is 11.5 Å². The van der Waals surface area contributed by atoms with Crippen LogP contribution in [0.3, 0.4) is 0 Å². The monoisotopic (exact) mass is 359 g/mol. The van der Waals surface area contributed by atoms with Crippen LogP contribution >= 0.6 is 38.9 Å². The molecule has 100 valence electrons. The highest BCUT2D eigenvalue weighted by Crippen LogP contribution is 2.38. The molecule has 1 aliphatic rings. The number of halogens is 2. The van der Waals surface area contributed by atoms with Crippen LogP contribution in [0.4, 0.5) is 0 Å². The van der Waals surface area contributed by atoms with Gasteiger partial charge in [-0.1, -0.05) is 17.7 Å². The van der Waals surface area contributed by atoms with E-state index in [1.165, 1.54) is 11.3 Å². The first-order chi connectivity index (χ1) is 9.15. The number of nitrogens with two attached hydrogens (primary N) is 1. The molecular weight excluding hydrogens is 350 g/mol. The zero-order chi connectivity index (χ0) is 13.4. The van der Waals surface area contributed by atoms with Crippen molar-refractivity contribution in [3.8, 4) is 11.5 Å². The van der Waals surface area contributed by atoms with E-state index in [0.717, 1.165) is 26.4 Å². The van der Waals surface area contributed by atoms with Gasteiger partial charge < -0.3 is 15.2 Å². The fourth-order valence-electron chi connectivity index (χ4n) is 1.93. The highest BCUT2D eigenvalue weighted by Gasteiger charge is 2.18. The largest absolute Gasteiger partial charge is 0.486 e. The van der Waals surface area contributed by atoms with Crippen LogP contribution in [-0.2, 0) is 0 Å². The number of benzene rings is 1. The van der Waals surface area contributed by atoms with Gasteiger partial charge in [-0.2, -0.15) is 0 Å². The summed E-state index contributed by atoms with van der Waals surface area (Å²) in [6, 6.07) is 7.52. The molecule has 0 saturated carbocycles. The van der Waals surface area contributed by atoms with Crippen molar-refractivity contribution in [3.63, 3.8) is 0 Å². The van der Waals surface area contributed by atoms with Crippen LogP contribution in [0.15, 0.2) is 28.7 Å². The molecule has 0 fully saturated rings. The third-order valence-electron chi connectivity index (χ3n) is 2.90. The molecule has 1 unspecified atom stereocenters. The summed E-state index contributed by atoms with van der Waals surface area (Å²) in [5.41, 5.74) is 7.25. The van der Waals surface area contributed by atoms with Crippen LogP contribution in [0.5, 0.6) is 11.5 Å². The van der Waals surface area contributed by atoms with Crippen LogP contribution in [0.25, 0.3) is 0 Å². The SMILES string of the molecule is NC(c1ccc2c(c1)OCCO2)c1cc(Br)c(Cl)s1. The number of hydrogen-bond donors (Lipinski definition) is 1. The van der Waals surface area contributed by atoms with E-state index < -0.39 is 0 Å². The van der Waals surface area contributed by atoms with Crippen molar-refractivity contribution in [2.24, 2.45) is 5.73 Å². The molecule has 3 nitrogen and oxygen atoms in total. The smallest absolute Gasteiger partial charge is 0.161 e. The summed E-state index contributed by atoms with van der Waals surface area (Å²) in [6.07, 6.45) is 0. The Hall–Kier alpha value is -0.750. The van der Waals surface area contributed by atoms with Gasteiger partial charge in [0.25, 0.3) is 0 Å². The molecule has 2 N–H and O–H groups in total. The summed E-state index contributed by atoms with van der Waals surface area (Å²) in [4.78, 5) is 1.01. The van der Waals surface area contributed by atoms with Crippen LogP contribution < -0.4 is 15.2 Å². The lowest BCUT2D eigenvalue weighted by atomic mass is 10.1. The Labute approximate surface area is 128 Å². The topological polar surface area (TPSA) is 44.5 Å². The van der Waals surface area contributed by atoms with E-state index in [1.54, 1.807) is 0 Å². The summed E-state index contributed by atoms with van der Waals surface area (Å²) in [7, 11) is 0. The Balaban J connectivity index is 1.93. The molecule has 3 rings (SSSR count). The molecular formula is C13H11BrClNO2S. The minimum absolute atomic E-state index is 0.218. The van der Waals surface area contributed by atoms with E-state index in [4.69, 9.17) is 26.8 Å². The van der Waals surface area contributed by atoms with Gasteiger partial charge in [0.05, 0.1) is 6.04 Å². The molecule has 0 bridgehead atoms. The average Bonchev–Trinajstić information content (AvgIpc) is 2.77. The Morgan fingerprint density at radius 2 is 1.95 bits per heavy atom. The van der Waals surface area contributed by atoms with Crippen molar-refractivity contribution in [1.82, 2.24) is 0 Å². The van der Waals surface area contributed by atoms with E-state index in [1.807, 2.05) is 24.3 Å². The lowest BCUT2D eigenvalue weighted by Crippen LogP contribution is -2.16. The first-order valence-electron chi connectivity index (χ1n) is 5.75. The number of ether oxygens (including phenoxy) is 2. The summed E-state index contributed by atoms with van der Waals surface area (Å²) in [5.74, 6) is 1.52. The first-order valence-corrected chi connectivity index (χ1v) is 7.74. The standard InChI is InChI=1S/C13H11BrClNO2S/c14-8-6-11(19-13(8)15)12(16)7-1-2-9-10(5-7)18-4-3-17-9/h1-2,5-6,12H,3-4,16H2. The lowest BCUT2D eigenvalue weighted by Gasteiger charge is -2.20. The predicted octanol–water partition coefficient (Wildman–Crippen LogP) is 3.98. The summed E-state index contributed by atoms with van der Waals surface area (Å²) in [6.45, 7) is 1.16. The summed E-state index contributed by atoms with van der Waals surface area (Å²) in [5, 5.41) is 0. The van der Waals surface area contributed by atoms with E-state index in [-0.39, 0.29) is 6.04 Å². The molecule has 0 spiro atoms. The zero-order valence-corrected chi connectivity index (χ0v) is 13.0. The van der Waals surface area contributed by atoms with Crippen molar-refractivity contribution in [1.29, 1.82) is 0 Å². The van der Waals surface area contributed by atoms with Gasteiger partial charge in [0.1, 0.15) is 17.6 Å². The van der Waals surface area contributed by atoms with E-state index in [2.05, 4.69) is 15.9 Å². The second kappa shape index (κ2) is 5.32. The first kappa shape index (κ1) is 13.2.